The predicted molar refractivity (Wildman–Crippen MR) is 99.7 cm³/mol. The van der Waals surface area contributed by atoms with Crippen LogP contribution >= 0.6 is 0 Å². The number of allylic oxidation sites excluding steroid dienone is 1. The molecular formula is C20H24N2O6. The second-order valence-corrected chi connectivity index (χ2v) is 6.66. The van der Waals surface area contributed by atoms with Crippen LogP contribution in [-0.2, 0) is 35.1 Å². The van der Waals surface area contributed by atoms with Gasteiger partial charge < -0.3 is 14.8 Å². The maximum atomic E-state index is 12.7. The van der Waals surface area contributed by atoms with E-state index in [1.54, 1.807) is 26.0 Å². The number of hydrogen-bond acceptors (Lipinski definition) is 6. The first kappa shape index (κ1) is 21.3. The highest BCUT2D eigenvalue weighted by Gasteiger charge is 2.52. The Labute approximate surface area is 163 Å². The third-order valence-corrected chi connectivity index (χ3v) is 4.12. The van der Waals surface area contributed by atoms with Crippen LogP contribution in [0, 0.1) is 0 Å². The van der Waals surface area contributed by atoms with Crippen molar-refractivity contribution in [1.29, 1.82) is 0 Å². The van der Waals surface area contributed by atoms with Gasteiger partial charge in [-0.05, 0) is 31.9 Å². The summed E-state index contributed by atoms with van der Waals surface area (Å²) in [6.07, 6.45) is -0.878. The highest BCUT2D eigenvalue weighted by Crippen LogP contribution is 2.29. The number of ketones is 1. The lowest BCUT2D eigenvalue weighted by Gasteiger charge is -2.46. The summed E-state index contributed by atoms with van der Waals surface area (Å²) in [4.78, 5) is 49.6. The number of ether oxygens (including phenoxy) is 2. The van der Waals surface area contributed by atoms with Crippen LogP contribution in [0.5, 0.6) is 0 Å². The second kappa shape index (κ2) is 9.27. The Balaban J connectivity index is 2.18. The number of carbonyl (C=O) groups excluding carboxylic acids is 4. The first-order chi connectivity index (χ1) is 13.3. The summed E-state index contributed by atoms with van der Waals surface area (Å²) in [6, 6.07) is 8.08. The average Bonchev–Trinajstić information content (AvgIpc) is 2.65. The Morgan fingerprint density at radius 2 is 1.75 bits per heavy atom. The van der Waals surface area contributed by atoms with Crippen molar-refractivity contribution in [3.63, 3.8) is 0 Å². The topological polar surface area (TPSA) is 102 Å². The van der Waals surface area contributed by atoms with Gasteiger partial charge in [0.15, 0.2) is 18.1 Å². The summed E-state index contributed by atoms with van der Waals surface area (Å²) in [5.41, 5.74) is 1.38. The molecule has 1 aromatic carbocycles. The number of nitrogens with one attached hydrogen (secondary N) is 1. The molecule has 150 valence electrons. The fraction of sp³-hybridized carbons (Fsp3) is 0.400. The molecule has 1 aliphatic rings. The minimum Gasteiger partial charge on any atom is -0.464 e. The van der Waals surface area contributed by atoms with Gasteiger partial charge in [-0.3, -0.25) is 19.3 Å². The molecule has 0 radical (unpaired) electrons. The number of nitrogens with zero attached hydrogens (tertiary/aromatic N) is 1. The quantitative estimate of drug-likeness (QED) is 0.404. The van der Waals surface area contributed by atoms with Crippen molar-refractivity contribution < 1.29 is 28.7 Å². The van der Waals surface area contributed by atoms with Crippen molar-refractivity contribution in [3.05, 3.63) is 47.2 Å². The molecule has 8 nitrogen and oxygen atoms in total. The van der Waals surface area contributed by atoms with Crippen LogP contribution in [0.4, 0.5) is 0 Å². The molecule has 1 fully saturated rings. The Hall–Kier alpha value is -3.00. The molecular weight excluding hydrogens is 364 g/mol. The Morgan fingerprint density at radius 3 is 2.29 bits per heavy atom. The second-order valence-electron chi connectivity index (χ2n) is 6.66. The number of rotatable bonds is 8. The summed E-state index contributed by atoms with van der Waals surface area (Å²) in [7, 11) is 1.21. The molecule has 8 heteroatoms. The fourth-order valence-corrected chi connectivity index (χ4v) is 2.85. The Bertz CT molecular complexity index is 798. The van der Waals surface area contributed by atoms with Gasteiger partial charge >= 0.3 is 5.97 Å². The number of Topliss-reactive ketones (excluding diaryl/α,β-unsaturated/α-hetero) is 1. The molecule has 0 unspecified atom stereocenters. The lowest BCUT2D eigenvalue weighted by atomic mass is 10.0. The molecule has 2 amide bonds. The predicted octanol–water partition coefficient (Wildman–Crippen LogP) is 0.955. The van der Waals surface area contributed by atoms with E-state index in [-0.39, 0.29) is 30.4 Å². The summed E-state index contributed by atoms with van der Waals surface area (Å²) in [5, 5.41) is 2.63. The number of amides is 2. The van der Waals surface area contributed by atoms with Crippen molar-refractivity contribution in [1.82, 2.24) is 10.2 Å². The maximum absolute atomic E-state index is 12.7. The van der Waals surface area contributed by atoms with Crippen LogP contribution in [0.2, 0.25) is 0 Å². The van der Waals surface area contributed by atoms with E-state index in [0.29, 0.717) is 5.57 Å². The van der Waals surface area contributed by atoms with Gasteiger partial charge in [-0.1, -0.05) is 30.3 Å². The highest BCUT2D eigenvalue weighted by atomic mass is 16.5. The van der Waals surface area contributed by atoms with Gasteiger partial charge in [0.25, 0.3) is 5.91 Å². The van der Waals surface area contributed by atoms with Gasteiger partial charge in [0.05, 0.1) is 13.5 Å². The lowest BCUT2D eigenvalue weighted by Crippen LogP contribution is -2.72. The average molecular weight is 388 g/mol. The van der Waals surface area contributed by atoms with E-state index >= 15 is 0 Å². The van der Waals surface area contributed by atoms with Crippen molar-refractivity contribution >= 4 is 23.6 Å². The van der Waals surface area contributed by atoms with Gasteiger partial charge in [-0.15, -0.1) is 0 Å². The van der Waals surface area contributed by atoms with Crippen molar-refractivity contribution in [2.45, 2.75) is 39.5 Å². The molecule has 0 saturated carbocycles. The highest BCUT2D eigenvalue weighted by molar-refractivity contribution is 6.01. The van der Waals surface area contributed by atoms with Crippen LogP contribution in [0.25, 0.3) is 0 Å². The van der Waals surface area contributed by atoms with Crippen molar-refractivity contribution in [2.24, 2.45) is 0 Å². The molecule has 0 aromatic heterocycles. The van der Waals surface area contributed by atoms with E-state index in [9.17, 15) is 19.2 Å². The van der Waals surface area contributed by atoms with E-state index in [4.69, 9.17) is 9.47 Å². The summed E-state index contributed by atoms with van der Waals surface area (Å²) in [6.45, 7) is 4.40. The third kappa shape index (κ3) is 4.83. The minimum absolute atomic E-state index is 0.0367. The number of methoxy groups -OCH3 is 1. The van der Waals surface area contributed by atoms with E-state index in [1.807, 2.05) is 18.2 Å². The molecule has 0 bridgehead atoms. The number of carbonyl (C=O) groups is 4. The summed E-state index contributed by atoms with van der Waals surface area (Å²) >= 11 is 0. The normalized spacial score (nSPS) is 18.1. The van der Waals surface area contributed by atoms with E-state index in [0.717, 1.165) is 10.5 Å². The van der Waals surface area contributed by atoms with Gasteiger partial charge in [0.1, 0.15) is 12.3 Å². The van der Waals surface area contributed by atoms with Crippen LogP contribution < -0.4 is 5.32 Å². The zero-order chi connectivity index (χ0) is 20.8. The molecule has 2 atom stereocenters. The lowest BCUT2D eigenvalue weighted by molar-refractivity contribution is -0.183. The molecule has 0 spiro atoms. The van der Waals surface area contributed by atoms with Gasteiger partial charge in [-0.2, -0.15) is 0 Å². The smallest absolute Gasteiger partial charge is 0.354 e. The number of benzene rings is 1. The standard InChI is InChI=1S/C20H24N2O6/c1-12(2)17(20(26)27-4)22-18(25)16(19(22)28-11-13(3)23)21-15(24)10-14-8-6-5-7-9-14/h5-9,16,19H,10-11H2,1-4H3,(H,21,24)/t16-,19-/m0/s1. The van der Waals surface area contributed by atoms with E-state index in [2.05, 4.69) is 5.32 Å². The number of esters is 1. The zero-order valence-electron chi connectivity index (χ0n) is 16.4. The van der Waals surface area contributed by atoms with Crippen LogP contribution in [-0.4, -0.2) is 54.5 Å². The van der Waals surface area contributed by atoms with E-state index in [1.165, 1.54) is 14.0 Å². The van der Waals surface area contributed by atoms with Gasteiger partial charge in [0, 0.05) is 0 Å². The van der Waals surface area contributed by atoms with Gasteiger partial charge in [0.2, 0.25) is 5.91 Å². The summed E-state index contributed by atoms with van der Waals surface area (Å²) < 4.78 is 10.3. The molecule has 1 aromatic rings. The first-order valence-electron chi connectivity index (χ1n) is 8.79. The van der Waals surface area contributed by atoms with Crippen LogP contribution in [0.15, 0.2) is 41.6 Å². The van der Waals surface area contributed by atoms with E-state index < -0.39 is 24.1 Å². The molecule has 1 N–H and O–H groups in total. The maximum Gasteiger partial charge on any atom is 0.354 e. The Morgan fingerprint density at radius 1 is 1.11 bits per heavy atom. The summed E-state index contributed by atoms with van der Waals surface area (Å²) in [5.74, 6) is -1.81. The first-order valence-corrected chi connectivity index (χ1v) is 8.79. The third-order valence-electron chi connectivity index (χ3n) is 4.12. The SMILES string of the molecule is COC(=O)C(=C(C)C)N1C(=O)[C@H](NC(=O)Cc2ccccc2)[C@@H]1OCC(C)=O. The number of likely N-dealkylation sites (tertiary alicyclic amines) is 1. The molecule has 2 rings (SSSR count). The fourth-order valence-electron chi connectivity index (χ4n) is 2.85. The van der Waals surface area contributed by atoms with Crippen LogP contribution in [0.3, 0.4) is 0 Å². The zero-order valence-corrected chi connectivity index (χ0v) is 16.4. The van der Waals surface area contributed by atoms with Crippen LogP contribution in [0.1, 0.15) is 26.3 Å². The Kier molecular flexibility index (Phi) is 7.06. The monoisotopic (exact) mass is 388 g/mol. The number of hydrogen-bond donors (Lipinski definition) is 1. The van der Waals surface area contributed by atoms with Crippen molar-refractivity contribution in [2.75, 3.05) is 13.7 Å². The molecule has 1 heterocycles. The minimum atomic E-state index is -0.991. The van der Waals surface area contributed by atoms with Gasteiger partial charge in [-0.25, -0.2) is 4.79 Å². The van der Waals surface area contributed by atoms with Crippen molar-refractivity contribution in [3.8, 4) is 0 Å². The molecule has 1 saturated heterocycles. The molecule has 1 aliphatic heterocycles. The largest absolute Gasteiger partial charge is 0.464 e. The molecule has 0 aliphatic carbocycles. The molecule has 28 heavy (non-hydrogen) atoms. The number of β-lactam (4-membered cyclic amide) rings is 1.